The molecular weight excluding hydrogens is 352 g/mol. The number of H-pyrrole nitrogens is 1. The van der Waals surface area contributed by atoms with Crippen molar-refractivity contribution in [3.05, 3.63) is 66.5 Å². The number of pyridine rings is 1. The van der Waals surface area contributed by atoms with Gasteiger partial charge in [0, 0.05) is 34.5 Å². The van der Waals surface area contributed by atoms with Crippen molar-refractivity contribution in [2.24, 2.45) is 0 Å². The molecule has 6 heteroatoms. The van der Waals surface area contributed by atoms with Crippen LogP contribution in [-0.2, 0) is 0 Å². The first-order valence-electron chi connectivity index (χ1n) is 8.69. The maximum atomic E-state index is 9.81. The number of nitrogens with one attached hydrogen (secondary N) is 2. The molecule has 0 spiro atoms. The van der Waals surface area contributed by atoms with Crippen LogP contribution in [0, 0.1) is 11.3 Å². The Kier molecular flexibility index (Phi) is 4.56. The highest BCUT2D eigenvalue weighted by Crippen LogP contribution is 2.35. The third-order valence-corrected chi connectivity index (χ3v) is 4.55. The van der Waals surface area contributed by atoms with Gasteiger partial charge in [-0.3, -0.25) is 4.98 Å². The van der Waals surface area contributed by atoms with Crippen LogP contribution in [0.4, 0.5) is 11.4 Å². The van der Waals surface area contributed by atoms with Crippen molar-refractivity contribution >= 4 is 22.3 Å². The molecule has 6 nitrogen and oxygen atoms in total. The molecule has 0 aliphatic heterocycles. The van der Waals surface area contributed by atoms with E-state index in [2.05, 4.69) is 21.4 Å². The molecule has 2 aromatic heterocycles. The molecule has 4 rings (SSSR count). The zero-order valence-electron chi connectivity index (χ0n) is 15.5. The molecule has 0 bridgehead atoms. The zero-order chi connectivity index (χ0) is 19.5. The Hall–Kier alpha value is -3.98. The number of hydrogen-bond acceptors (Lipinski definition) is 5. The van der Waals surface area contributed by atoms with E-state index in [1.165, 1.54) is 0 Å². The van der Waals surface area contributed by atoms with Crippen LogP contribution >= 0.6 is 0 Å². The standard InChI is InChI=1S/C22H18N4O2/c1-27-20-6-3-15(12-21(20)28-2)22-17(13-23)19(8-10-25-22)26-16-4-5-18-14(11-16)7-9-24-18/h3-12,24H,1-2H3,(H,25,26). The molecule has 0 unspecified atom stereocenters. The van der Waals surface area contributed by atoms with Gasteiger partial charge in [-0.15, -0.1) is 0 Å². The van der Waals surface area contributed by atoms with E-state index in [0.717, 1.165) is 22.2 Å². The van der Waals surface area contributed by atoms with Crippen molar-refractivity contribution in [2.45, 2.75) is 0 Å². The Bertz CT molecular complexity index is 1190. The van der Waals surface area contributed by atoms with Crippen molar-refractivity contribution in [3.63, 3.8) is 0 Å². The molecule has 0 saturated carbocycles. The number of fused-ring (bicyclic) bond motifs is 1. The lowest BCUT2D eigenvalue weighted by Gasteiger charge is -2.13. The van der Waals surface area contributed by atoms with Crippen molar-refractivity contribution in [1.29, 1.82) is 5.26 Å². The lowest BCUT2D eigenvalue weighted by molar-refractivity contribution is 0.355. The molecule has 0 radical (unpaired) electrons. The Morgan fingerprint density at radius 3 is 2.64 bits per heavy atom. The van der Waals surface area contributed by atoms with E-state index < -0.39 is 0 Å². The van der Waals surface area contributed by atoms with Crippen molar-refractivity contribution in [1.82, 2.24) is 9.97 Å². The van der Waals surface area contributed by atoms with Gasteiger partial charge in [-0.1, -0.05) is 0 Å². The van der Waals surface area contributed by atoms with Crippen molar-refractivity contribution in [3.8, 4) is 28.8 Å². The fourth-order valence-electron chi connectivity index (χ4n) is 3.17. The van der Waals surface area contributed by atoms with Gasteiger partial charge in [0.05, 0.1) is 25.6 Å². The van der Waals surface area contributed by atoms with E-state index in [-0.39, 0.29) is 0 Å². The summed E-state index contributed by atoms with van der Waals surface area (Å²) >= 11 is 0. The summed E-state index contributed by atoms with van der Waals surface area (Å²) in [5.74, 6) is 1.21. The second kappa shape index (κ2) is 7.33. The highest BCUT2D eigenvalue weighted by molar-refractivity contribution is 5.85. The quantitative estimate of drug-likeness (QED) is 0.524. The van der Waals surface area contributed by atoms with Crippen LogP contribution in [0.2, 0.25) is 0 Å². The summed E-state index contributed by atoms with van der Waals surface area (Å²) in [6.07, 6.45) is 3.58. The van der Waals surface area contributed by atoms with E-state index in [1.807, 2.05) is 42.6 Å². The number of benzene rings is 2. The van der Waals surface area contributed by atoms with Gasteiger partial charge in [0.2, 0.25) is 0 Å². The Morgan fingerprint density at radius 2 is 1.86 bits per heavy atom. The fraction of sp³-hybridized carbons (Fsp3) is 0.0909. The van der Waals surface area contributed by atoms with E-state index in [4.69, 9.17) is 9.47 Å². The molecular formula is C22H18N4O2. The molecule has 0 aliphatic carbocycles. The van der Waals surface area contributed by atoms with Gasteiger partial charge in [-0.2, -0.15) is 5.26 Å². The van der Waals surface area contributed by atoms with Gasteiger partial charge in [0.15, 0.2) is 11.5 Å². The smallest absolute Gasteiger partial charge is 0.161 e. The monoisotopic (exact) mass is 370 g/mol. The minimum Gasteiger partial charge on any atom is -0.493 e. The van der Waals surface area contributed by atoms with Crippen molar-refractivity contribution in [2.75, 3.05) is 19.5 Å². The lowest BCUT2D eigenvalue weighted by atomic mass is 10.0. The molecule has 0 atom stereocenters. The van der Waals surface area contributed by atoms with Crippen LogP contribution < -0.4 is 14.8 Å². The number of rotatable bonds is 5. The summed E-state index contributed by atoms with van der Waals surface area (Å²) in [6, 6.07) is 17.6. The number of hydrogen-bond donors (Lipinski definition) is 2. The molecule has 0 saturated heterocycles. The predicted molar refractivity (Wildman–Crippen MR) is 109 cm³/mol. The largest absolute Gasteiger partial charge is 0.493 e. The number of methoxy groups -OCH3 is 2. The predicted octanol–water partition coefficient (Wildman–Crippen LogP) is 4.86. The summed E-state index contributed by atoms with van der Waals surface area (Å²) in [4.78, 5) is 7.60. The highest BCUT2D eigenvalue weighted by Gasteiger charge is 2.14. The Labute approximate surface area is 162 Å². The molecule has 0 aliphatic rings. The molecule has 2 heterocycles. The molecule has 0 fully saturated rings. The van der Waals surface area contributed by atoms with Crippen LogP contribution in [0.25, 0.3) is 22.2 Å². The Morgan fingerprint density at radius 1 is 1.00 bits per heavy atom. The van der Waals surface area contributed by atoms with Crippen molar-refractivity contribution < 1.29 is 9.47 Å². The average Bonchev–Trinajstić information content (AvgIpc) is 3.21. The summed E-state index contributed by atoms with van der Waals surface area (Å²) in [5.41, 5.74) is 4.47. The summed E-state index contributed by atoms with van der Waals surface area (Å²) in [7, 11) is 3.16. The topological polar surface area (TPSA) is 83.0 Å². The number of anilines is 2. The third kappa shape index (κ3) is 3.10. The first-order valence-corrected chi connectivity index (χ1v) is 8.69. The maximum absolute atomic E-state index is 9.81. The fourth-order valence-corrected chi connectivity index (χ4v) is 3.17. The first kappa shape index (κ1) is 17.4. The van der Waals surface area contributed by atoms with Crippen LogP contribution in [0.5, 0.6) is 11.5 Å². The van der Waals surface area contributed by atoms with E-state index >= 15 is 0 Å². The third-order valence-electron chi connectivity index (χ3n) is 4.55. The van der Waals surface area contributed by atoms with Gasteiger partial charge >= 0.3 is 0 Å². The van der Waals surface area contributed by atoms with Gasteiger partial charge in [0.1, 0.15) is 11.6 Å². The minimum absolute atomic E-state index is 0.462. The lowest BCUT2D eigenvalue weighted by Crippen LogP contribution is -1.98. The van der Waals surface area contributed by atoms with Gasteiger partial charge in [-0.05, 0) is 48.5 Å². The highest BCUT2D eigenvalue weighted by atomic mass is 16.5. The first-order chi connectivity index (χ1) is 13.7. The molecule has 2 aromatic carbocycles. The molecule has 4 aromatic rings. The van der Waals surface area contributed by atoms with Crippen LogP contribution in [0.3, 0.4) is 0 Å². The molecule has 2 N–H and O–H groups in total. The van der Waals surface area contributed by atoms with E-state index in [1.54, 1.807) is 32.5 Å². The van der Waals surface area contributed by atoms with Gasteiger partial charge in [0.25, 0.3) is 0 Å². The summed E-state index contributed by atoms with van der Waals surface area (Å²) in [6.45, 7) is 0. The molecule has 28 heavy (non-hydrogen) atoms. The second-order valence-corrected chi connectivity index (χ2v) is 6.17. The second-order valence-electron chi connectivity index (χ2n) is 6.17. The van der Waals surface area contributed by atoms with E-state index in [0.29, 0.717) is 28.4 Å². The number of aromatic amines is 1. The molecule has 138 valence electrons. The number of nitrogens with zero attached hydrogens (tertiary/aromatic N) is 2. The van der Waals surface area contributed by atoms with Crippen LogP contribution in [0.15, 0.2) is 60.9 Å². The van der Waals surface area contributed by atoms with Gasteiger partial charge < -0.3 is 19.8 Å². The Balaban J connectivity index is 1.75. The number of nitriles is 1. The minimum atomic E-state index is 0.462. The SMILES string of the molecule is COc1ccc(-c2nccc(Nc3ccc4[nH]ccc4c3)c2C#N)cc1OC. The number of aromatic nitrogens is 2. The van der Waals surface area contributed by atoms with Gasteiger partial charge in [-0.25, -0.2) is 0 Å². The summed E-state index contributed by atoms with van der Waals surface area (Å²) < 4.78 is 10.7. The van der Waals surface area contributed by atoms with Crippen LogP contribution in [-0.4, -0.2) is 24.2 Å². The average molecular weight is 370 g/mol. The molecule has 0 amide bonds. The number of ether oxygens (including phenoxy) is 2. The van der Waals surface area contributed by atoms with Crippen LogP contribution in [0.1, 0.15) is 5.56 Å². The summed E-state index contributed by atoms with van der Waals surface area (Å²) in [5, 5.41) is 14.2. The maximum Gasteiger partial charge on any atom is 0.161 e. The van der Waals surface area contributed by atoms with E-state index in [9.17, 15) is 5.26 Å². The normalized spacial score (nSPS) is 10.5. The zero-order valence-corrected chi connectivity index (χ0v) is 15.5.